The Morgan fingerprint density at radius 3 is 2.59 bits per heavy atom. The molecule has 0 saturated carbocycles. The molecule has 3 N–H and O–H groups in total. The van der Waals surface area contributed by atoms with Crippen molar-refractivity contribution in [1.82, 2.24) is 9.97 Å². The highest BCUT2D eigenvalue weighted by Crippen LogP contribution is 2.29. The summed E-state index contributed by atoms with van der Waals surface area (Å²) >= 11 is 5.80. The number of primary sulfonamides is 1. The normalized spacial score (nSPS) is 12.1. The van der Waals surface area contributed by atoms with Crippen molar-refractivity contribution in [2.45, 2.75) is 4.90 Å². The Labute approximate surface area is 171 Å². The Kier molecular flexibility index (Phi) is 4.96. The van der Waals surface area contributed by atoms with Crippen molar-refractivity contribution in [1.29, 1.82) is 0 Å². The largest absolute Gasteiger partial charge is 0.338 e. The Hall–Kier alpha value is -3.00. The highest BCUT2D eigenvalue weighted by molar-refractivity contribution is 7.89. The van der Waals surface area contributed by atoms with Crippen molar-refractivity contribution in [3.8, 4) is 11.1 Å². The van der Waals surface area contributed by atoms with E-state index in [0.717, 1.165) is 11.1 Å². The first-order valence-corrected chi connectivity index (χ1v) is 10.5. The zero-order chi connectivity index (χ0) is 20.6. The third kappa shape index (κ3) is 4.07. The molecule has 29 heavy (non-hydrogen) atoms. The molecule has 0 radical (unpaired) electrons. The van der Waals surface area contributed by atoms with Crippen LogP contribution in [-0.2, 0) is 10.0 Å². The highest BCUT2D eigenvalue weighted by atomic mass is 35.5. The summed E-state index contributed by atoms with van der Waals surface area (Å²) in [5.74, 6) is 0.122. The van der Waals surface area contributed by atoms with E-state index >= 15 is 0 Å². The van der Waals surface area contributed by atoms with Crippen LogP contribution in [0.2, 0.25) is 5.02 Å². The molecule has 0 atom stereocenters. The number of benzene rings is 3. The van der Waals surface area contributed by atoms with Gasteiger partial charge in [0.1, 0.15) is 11.6 Å². The van der Waals surface area contributed by atoms with Crippen molar-refractivity contribution in [2.75, 3.05) is 0 Å². The van der Waals surface area contributed by atoms with Gasteiger partial charge in [-0.05, 0) is 47.5 Å². The van der Waals surface area contributed by atoms with Gasteiger partial charge in [0.2, 0.25) is 10.0 Å². The number of halogens is 2. The number of nitrogens with zero attached hydrogens (tertiary/aromatic N) is 1. The van der Waals surface area contributed by atoms with Crippen molar-refractivity contribution in [2.24, 2.45) is 5.14 Å². The lowest BCUT2D eigenvalue weighted by molar-refractivity contribution is 0.598. The van der Waals surface area contributed by atoms with Gasteiger partial charge in [-0.1, -0.05) is 48.0 Å². The van der Waals surface area contributed by atoms with E-state index in [4.69, 9.17) is 16.7 Å². The van der Waals surface area contributed by atoms with Crippen LogP contribution < -0.4 is 5.14 Å². The second-order valence-corrected chi connectivity index (χ2v) is 8.34. The monoisotopic (exact) mass is 427 g/mol. The minimum absolute atomic E-state index is 0.0509. The van der Waals surface area contributed by atoms with Crippen LogP contribution in [0.4, 0.5) is 4.39 Å². The topological polar surface area (TPSA) is 88.8 Å². The molecule has 1 heterocycles. The van der Waals surface area contributed by atoms with Gasteiger partial charge in [0.15, 0.2) is 0 Å². The number of nitrogens with two attached hydrogens (primary N) is 1. The summed E-state index contributed by atoms with van der Waals surface area (Å²) < 4.78 is 37.0. The molecule has 0 aliphatic heterocycles. The third-order valence-electron chi connectivity index (χ3n) is 4.38. The molecule has 3 aromatic carbocycles. The van der Waals surface area contributed by atoms with E-state index in [-0.39, 0.29) is 9.92 Å². The van der Waals surface area contributed by atoms with Gasteiger partial charge in [-0.15, -0.1) is 0 Å². The number of hydrogen-bond acceptors (Lipinski definition) is 3. The summed E-state index contributed by atoms with van der Waals surface area (Å²) in [7, 11) is -3.85. The van der Waals surface area contributed by atoms with Crippen LogP contribution in [0.1, 0.15) is 11.4 Å². The van der Waals surface area contributed by atoms with Crippen molar-refractivity contribution >= 4 is 44.8 Å². The molecule has 0 aliphatic rings. The molecule has 0 bridgehead atoms. The highest BCUT2D eigenvalue weighted by Gasteiger charge is 2.15. The number of sulfonamides is 1. The number of fused-ring (bicyclic) bond motifs is 1. The minimum atomic E-state index is -3.85. The van der Waals surface area contributed by atoms with Crippen LogP contribution in [-0.4, -0.2) is 18.4 Å². The van der Waals surface area contributed by atoms with Crippen molar-refractivity contribution in [3.63, 3.8) is 0 Å². The summed E-state index contributed by atoms with van der Waals surface area (Å²) in [5.41, 5.74) is 3.40. The lowest BCUT2D eigenvalue weighted by Crippen LogP contribution is -2.13. The van der Waals surface area contributed by atoms with Crippen LogP contribution in [0.15, 0.2) is 65.6 Å². The Morgan fingerprint density at radius 1 is 1.03 bits per heavy atom. The number of H-pyrrole nitrogens is 1. The smallest absolute Gasteiger partial charge is 0.238 e. The van der Waals surface area contributed by atoms with Gasteiger partial charge in [-0.3, -0.25) is 0 Å². The third-order valence-corrected chi connectivity index (χ3v) is 5.64. The lowest BCUT2D eigenvalue weighted by Gasteiger charge is -2.07. The number of aromatic nitrogens is 2. The Balaban J connectivity index is 1.70. The van der Waals surface area contributed by atoms with Crippen molar-refractivity contribution < 1.29 is 12.8 Å². The fraction of sp³-hybridized carbons (Fsp3) is 0. The van der Waals surface area contributed by atoms with E-state index in [1.165, 1.54) is 18.2 Å². The van der Waals surface area contributed by atoms with Crippen LogP contribution in [0, 0.1) is 5.82 Å². The molecule has 1 aromatic heterocycles. The first-order chi connectivity index (χ1) is 13.8. The Bertz CT molecular complexity index is 1360. The molecule has 0 aliphatic carbocycles. The molecular weight excluding hydrogens is 413 g/mol. The van der Waals surface area contributed by atoms with E-state index in [9.17, 15) is 12.8 Å². The molecule has 146 valence electrons. The maximum atomic E-state index is 13.3. The first-order valence-electron chi connectivity index (χ1n) is 8.56. The average Bonchev–Trinajstić information content (AvgIpc) is 3.10. The molecule has 0 spiro atoms. The lowest BCUT2D eigenvalue weighted by atomic mass is 10.1. The fourth-order valence-corrected chi connectivity index (χ4v) is 3.97. The fourth-order valence-electron chi connectivity index (χ4n) is 3.02. The predicted octanol–water partition coefficient (Wildman–Crippen LogP) is 4.84. The summed E-state index contributed by atoms with van der Waals surface area (Å²) in [5, 5.41) is 5.39. The van der Waals surface area contributed by atoms with Gasteiger partial charge in [-0.2, -0.15) is 0 Å². The van der Waals surface area contributed by atoms with Crippen LogP contribution in [0.5, 0.6) is 0 Å². The average molecular weight is 428 g/mol. The van der Waals surface area contributed by atoms with E-state index in [1.54, 1.807) is 48.6 Å². The zero-order valence-electron chi connectivity index (χ0n) is 14.9. The number of aromatic amines is 1. The standard InChI is InChI=1S/C21H15ClFN3O2S/c22-16-11-13(5-8-17(16)23)6-10-21-25-18-9-7-14(12-19(18)26-21)15-3-1-2-4-20(15)29(24,27)28/h1-12H,(H,25,26)(H2,24,27,28). The maximum absolute atomic E-state index is 13.3. The van der Waals surface area contributed by atoms with Crippen LogP contribution in [0.25, 0.3) is 34.3 Å². The SMILES string of the molecule is NS(=O)(=O)c1ccccc1-c1ccc2[nH]c(C=Cc3ccc(F)c(Cl)c3)nc2c1. The second-order valence-electron chi connectivity index (χ2n) is 6.40. The first kappa shape index (κ1) is 19.3. The van der Waals surface area contributed by atoms with E-state index in [1.807, 2.05) is 6.07 Å². The molecule has 0 unspecified atom stereocenters. The molecule has 0 amide bonds. The number of nitrogens with one attached hydrogen (secondary N) is 1. The second kappa shape index (κ2) is 7.44. The molecule has 5 nitrogen and oxygen atoms in total. The summed E-state index contributed by atoms with van der Waals surface area (Å²) in [6.45, 7) is 0. The molecule has 8 heteroatoms. The quantitative estimate of drug-likeness (QED) is 0.488. The zero-order valence-corrected chi connectivity index (χ0v) is 16.5. The van der Waals surface area contributed by atoms with E-state index in [0.29, 0.717) is 22.5 Å². The molecular formula is C21H15ClFN3O2S. The summed E-state index contributed by atoms with van der Waals surface area (Å²) in [6, 6.07) is 16.4. The maximum Gasteiger partial charge on any atom is 0.238 e. The van der Waals surface area contributed by atoms with Gasteiger partial charge in [0, 0.05) is 5.56 Å². The van der Waals surface area contributed by atoms with E-state index < -0.39 is 15.8 Å². The van der Waals surface area contributed by atoms with Crippen LogP contribution in [0.3, 0.4) is 0 Å². The number of imidazole rings is 1. The summed E-state index contributed by atoms with van der Waals surface area (Å²) in [4.78, 5) is 7.74. The van der Waals surface area contributed by atoms with Gasteiger partial charge in [-0.25, -0.2) is 22.9 Å². The summed E-state index contributed by atoms with van der Waals surface area (Å²) in [6.07, 6.45) is 3.52. The molecule has 4 aromatic rings. The number of hydrogen-bond donors (Lipinski definition) is 2. The van der Waals surface area contributed by atoms with Crippen LogP contribution >= 0.6 is 11.6 Å². The van der Waals surface area contributed by atoms with E-state index in [2.05, 4.69) is 9.97 Å². The Morgan fingerprint density at radius 2 is 1.83 bits per heavy atom. The molecule has 0 fully saturated rings. The van der Waals surface area contributed by atoms with Gasteiger partial charge < -0.3 is 4.98 Å². The molecule has 0 saturated heterocycles. The van der Waals surface area contributed by atoms with Gasteiger partial charge in [0.05, 0.1) is 21.0 Å². The van der Waals surface area contributed by atoms with Crippen molar-refractivity contribution in [3.05, 3.63) is 82.9 Å². The van der Waals surface area contributed by atoms with Gasteiger partial charge >= 0.3 is 0 Å². The number of rotatable bonds is 4. The predicted molar refractivity (Wildman–Crippen MR) is 113 cm³/mol. The minimum Gasteiger partial charge on any atom is -0.338 e. The van der Waals surface area contributed by atoms with Gasteiger partial charge in [0.25, 0.3) is 0 Å². The molecule has 4 rings (SSSR count).